The number of carbonyl (C=O) groups is 1. The molecule has 0 saturated carbocycles. The Balaban J connectivity index is 1.27. The highest BCUT2D eigenvalue weighted by Gasteiger charge is 2.32. The van der Waals surface area contributed by atoms with Crippen molar-refractivity contribution in [2.24, 2.45) is 0 Å². The van der Waals surface area contributed by atoms with Gasteiger partial charge >= 0.3 is 6.01 Å². The van der Waals surface area contributed by atoms with Crippen molar-refractivity contribution >= 4 is 21.9 Å². The van der Waals surface area contributed by atoms with Crippen LogP contribution in [0.1, 0.15) is 66.9 Å². The van der Waals surface area contributed by atoms with Crippen LogP contribution < -0.4 is 5.32 Å². The zero-order valence-electron chi connectivity index (χ0n) is 19.9. The fraction of sp³-hybridized carbons (Fsp3) is 0.423. The molecule has 1 aromatic heterocycles. The van der Waals surface area contributed by atoms with Crippen LogP contribution in [0.3, 0.4) is 0 Å². The van der Waals surface area contributed by atoms with Crippen LogP contribution in [0.2, 0.25) is 0 Å². The lowest BCUT2D eigenvalue weighted by molar-refractivity contribution is 0.102. The number of aryl methyl sites for hydroxylation is 2. The summed E-state index contributed by atoms with van der Waals surface area (Å²) >= 11 is 0. The highest BCUT2D eigenvalue weighted by molar-refractivity contribution is 7.89. The molecule has 0 bridgehead atoms. The van der Waals surface area contributed by atoms with Gasteiger partial charge in [-0.1, -0.05) is 24.5 Å². The first-order chi connectivity index (χ1) is 17.0. The first-order valence-electron chi connectivity index (χ1n) is 12.3. The smallest absolute Gasteiger partial charge is 0.322 e. The van der Waals surface area contributed by atoms with Gasteiger partial charge in [0.05, 0.1) is 4.90 Å². The van der Waals surface area contributed by atoms with Gasteiger partial charge in [-0.2, -0.15) is 4.31 Å². The number of anilines is 1. The molecule has 1 aliphatic carbocycles. The summed E-state index contributed by atoms with van der Waals surface area (Å²) in [4.78, 5) is 12.9. The molecule has 1 atom stereocenters. The van der Waals surface area contributed by atoms with Gasteiger partial charge in [-0.3, -0.25) is 10.1 Å². The molecule has 3 aromatic rings. The second-order valence-electron chi connectivity index (χ2n) is 9.26. The van der Waals surface area contributed by atoms with E-state index < -0.39 is 15.9 Å². The van der Waals surface area contributed by atoms with E-state index in [4.69, 9.17) is 4.42 Å². The summed E-state index contributed by atoms with van der Waals surface area (Å²) in [7, 11) is -3.60. The summed E-state index contributed by atoms with van der Waals surface area (Å²) < 4.78 is 33.6. The number of nitrogens with one attached hydrogen (secondary N) is 1. The molecule has 2 aliphatic rings. The summed E-state index contributed by atoms with van der Waals surface area (Å²) in [6.45, 7) is 2.55. The van der Waals surface area contributed by atoms with Gasteiger partial charge in [-0.05, 0) is 92.5 Å². The van der Waals surface area contributed by atoms with Crippen LogP contribution in [-0.2, 0) is 22.9 Å². The van der Waals surface area contributed by atoms with Gasteiger partial charge in [0.25, 0.3) is 5.91 Å². The zero-order chi connectivity index (χ0) is 24.4. The van der Waals surface area contributed by atoms with Gasteiger partial charge < -0.3 is 4.42 Å². The maximum Gasteiger partial charge on any atom is 0.322 e. The molecule has 0 spiro atoms. The van der Waals surface area contributed by atoms with Crippen LogP contribution >= 0.6 is 0 Å². The van der Waals surface area contributed by atoms with Crippen molar-refractivity contribution in [2.45, 2.75) is 69.2 Å². The molecule has 1 N–H and O–H groups in total. The van der Waals surface area contributed by atoms with E-state index in [1.54, 1.807) is 4.31 Å². The Labute approximate surface area is 205 Å². The lowest BCUT2D eigenvalue weighted by atomic mass is 9.90. The first-order valence-corrected chi connectivity index (χ1v) is 13.8. The zero-order valence-corrected chi connectivity index (χ0v) is 20.7. The lowest BCUT2D eigenvalue weighted by Crippen LogP contribution is -2.43. The molecular weight excluding hydrogens is 464 g/mol. The van der Waals surface area contributed by atoms with Crippen molar-refractivity contribution in [2.75, 3.05) is 11.9 Å². The number of hydrogen-bond donors (Lipinski definition) is 1. The van der Waals surface area contributed by atoms with Crippen LogP contribution in [0.5, 0.6) is 0 Å². The fourth-order valence-electron chi connectivity index (χ4n) is 5.04. The lowest BCUT2D eigenvalue weighted by Gasteiger charge is -2.34. The minimum Gasteiger partial charge on any atom is -0.403 e. The highest BCUT2D eigenvalue weighted by atomic mass is 32.2. The number of nitrogens with zero attached hydrogens (tertiary/aromatic N) is 3. The number of benzene rings is 2. The van der Waals surface area contributed by atoms with Crippen LogP contribution in [0, 0.1) is 0 Å². The Hall–Kier alpha value is -3.04. The molecule has 2 heterocycles. The van der Waals surface area contributed by atoms with Crippen molar-refractivity contribution in [3.8, 4) is 11.5 Å². The molecule has 1 aliphatic heterocycles. The molecule has 35 heavy (non-hydrogen) atoms. The summed E-state index contributed by atoms with van der Waals surface area (Å²) in [6.07, 6.45) is 8.13. The third kappa shape index (κ3) is 4.88. The predicted molar refractivity (Wildman–Crippen MR) is 133 cm³/mol. The number of carbonyl (C=O) groups excluding carboxylic acids is 1. The average Bonchev–Trinajstić information content (AvgIpc) is 3.37. The second-order valence-corrected chi connectivity index (χ2v) is 11.1. The number of fused-ring (bicyclic) bond motifs is 1. The van der Waals surface area contributed by atoms with Crippen molar-refractivity contribution in [3.63, 3.8) is 0 Å². The molecule has 0 radical (unpaired) electrons. The fourth-order valence-corrected chi connectivity index (χ4v) is 6.81. The van der Waals surface area contributed by atoms with Crippen molar-refractivity contribution in [3.05, 3.63) is 59.2 Å². The predicted octanol–water partition coefficient (Wildman–Crippen LogP) is 4.82. The van der Waals surface area contributed by atoms with Crippen LogP contribution in [0.25, 0.3) is 11.5 Å². The molecule has 1 amide bonds. The van der Waals surface area contributed by atoms with E-state index in [9.17, 15) is 13.2 Å². The van der Waals surface area contributed by atoms with Crippen molar-refractivity contribution in [1.29, 1.82) is 0 Å². The molecular formula is C26H30N4O4S. The molecule has 9 heteroatoms. The van der Waals surface area contributed by atoms with Gasteiger partial charge in [0.1, 0.15) is 0 Å². The van der Waals surface area contributed by atoms with Crippen molar-refractivity contribution in [1.82, 2.24) is 14.5 Å². The SMILES string of the molecule is CC[C@@H]1CCCCN1S(=O)(=O)c1ccc(C(=O)Nc2nnc(-c3ccc4c(c3)CCCC4)o2)cc1. The quantitative estimate of drug-likeness (QED) is 0.527. The van der Waals surface area contributed by atoms with E-state index in [-0.39, 0.29) is 17.0 Å². The van der Waals surface area contributed by atoms with E-state index in [1.807, 2.05) is 13.0 Å². The highest BCUT2D eigenvalue weighted by Crippen LogP contribution is 2.29. The number of amides is 1. The monoisotopic (exact) mass is 494 g/mol. The van der Waals surface area contributed by atoms with Crippen LogP contribution in [0.4, 0.5) is 6.01 Å². The van der Waals surface area contributed by atoms with Crippen LogP contribution in [0.15, 0.2) is 51.8 Å². The van der Waals surface area contributed by atoms with Gasteiger partial charge in [0.2, 0.25) is 15.9 Å². The number of rotatable bonds is 6. The Morgan fingerprint density at radius 3 is 2.57 bits per heavy atom. The Morgan fingerprint density at radius 1 is 1.03 bits per heavy atom. The normalized spacial score (nSPS) is 18.7. The van der Waals surface area contributed by atoms with Gasteiger partial charge in [0.15, 0.2) is 0 Å². The Morgan fingerprint density at radius 2 is 1.80 bits per heavy atom. The van der Waals surface area contributed by atoms with E-state index in [0.29, 0.717) is 18.0 Å². The van der Waals surface area contributed by atoms with Gasteiger partial charge in [-0.15, -0.1) is 5.10 Å². The molecule has 1 saturated heterocycles. The minimum absolute atomic E-state index is 0.00137. The summed E-state index contributed by atoms with van der Waals surface area (Å²) in [5.41, 5.74) is 3.81. The van der Waals surface area contributed by atoms with Crippen LogP contribution in [-0.4, -0.2) is 41.4 Å². The summed E-state index contributed by atoms with van der Waals surface area (Å²) in [5.74, 6) is -0.0962. The topological polar surface area (TPSA) is 105 Å². The minimum atomic E-state index is -3.60. The Kier molecular flexibility index (Phi) is 6.71. The Bertz CT molecular complexity index is 1320. The molecule has 5 rings (SSSR count). The number of sulfonamides is 1. The largest absolute Gasteiger partial charge is 0.403 e. The molecule has 2 aromatic carbocycles. The third-order valence-electron chi connectivity index (χ3n) is 7.01. The van der Waals surface area contributed by atoms with Crippen molar-refractivity contribution < 1.29 is 17.6 Å². The average molecular weight is 495 g/mol. The standard InChI is InChI=1S/C26H30N4O4S/c1-2-22-9-5-6-16-30(22)35(32,33)23-14-12-19(13-15-23)24(31)27-26-29-28-25(34-26)21-11-10-18-7-3-4-8-20(18)17-21/h10-15,17,22H,2-9,16H2,1H3,(H,27,29,31)/t22-/m1/s1. The van der Waals surface area contributed by atoms with E-state index in [1.165, 1.54) is 48.2 Å². The van der Waals surface area contributed by atoms with E-state index in [0.717, 1.165) is 44.1 Å². The maximum atomic E-state index is 13.1. The molecule has 0 unspecified atom stereocenters. The molecule has 8 nitrogen and oxygen atoms in total. The van der Waals surface area contributed by atoms with E-state index in [2.05, 4.69) is 27.6 Å². The van der Waals surface area contributed by atoms with Gasteiger partial charge in [-0.25, -0.2) is 8.42 Å². The van der Waals surface area contributed by atoms with E-state index >= 15 is 0 Å². The molecule has 184 valence electrons. The first kappa shape index (κ1) is 23.7. The summed E-state index contributed by atoms with van der Waals surface area (Å²) in [5, 5.41) is 10.6. The second kappa shape index (κ2) is 9.91. The number of hydrogen-bond acceptors (Lipinski definition) is 6. The summed E-state index contributed by atoms with van der Waals surface area (Å²) in [6, 6.07) is 12.2. The third-order valence-corrected chi connectivity index (χ3v) is 8.97. The molecule has 1 fully saturated rings. The number of piperidine rings is 1. The number of aromatic nitrogens is 2. The maximum absolute atomic E-state index is 13.1. The van der Waals surface area contributed by atoms with Gasteiger partial charge in [0, 0.05) is 23.7 Å².